The lowest BCUT2D eigenvalue weighted by molar-refractivity contribution is 0.0951. The third-order valence-corrected chi connectivity index (χ3v) is 4.72. The largest absolute Gasteiger partial charge is 0.348 e. The van der Waals surface area contributed by atoms with Crippen LogP contribution in [0.25, 0.3) is 5.82 Å². The molecular formula is C18H18N4O2S. The molecule has 0 saturated carbocycles. The van der Waals surface area contributed by atoms with E-state index < -0.39 is 10.8 Å². The number of nitrogens with zero attached hydrogens (tertiary/aromatic N) is 3. The van der Waals surface area contributed by atoms with Crippen molar-refractivity contribution in [3.05, 3.63) is 71.9 Å². The number of rotatable bonds is 5. The fourth-order valence-electron chi connectivity index (χ4n) is 2.37. The van der Waals surface area contributed by atoms with Gasteiger partial charge in [-0.15, -0.1) is 0 Å². The molecule has 2 aromatic heterocycles. The Morgan fingerprint density at radius 2 is 1.92 bits per heavy atom. The van der Waals surface area contributed by atoms with Crippen LogP contribution in [0.5, 0.6) is 0 Å². The van der Waals surface area contributed by atoms with Crippen molar-refractivity contribution in [2.75, 3.05) is 6.26 Å². The van der Waals surface area contributed by atoms with Crippen molar-refractivity contribution in [1.29, 1.82) is 0 Å². The topological polar surface area (TPSA) is 76.9 Å². The predicted molar refractivity (Wildman–Crippen MR) is 96.0 cm³/mol. The summed E-state index contributed by atoms with van der Waals surface area (Å²) in [6.45, 7) is 2.30. The molecule has 0 bridgehead atoms. The van der Waals surface area contributed by atoms with Gasteiger partial charge in [-0.25, -0.2) is 9.97 Å². The van der Waals surface area contributed by atoms with E-state index >= 15 is 0 Å². The minimum absolute atomic E-state index is 0.178. The van der Waals surface area contributed by atoms with Crippen LogP contribution in [0.2, 0.25) is 0 Å². The average Bonchev–Trinajstić information content (AvgIpc) is 3.06. The molecule has 1 aromatic carbocycles. The Balaban J connectivity index is 1.62. The summed E-state index contributed by atoms with van der Waals surface area (Å²) in [7, 11) is -1.05. The first-order valence-electron chi connectivity index (χ1n) is 7.71. The zero-order chi connectivity index (χ0) is 17.8. The quantitative estimate of drug-likeness (QED) is 0.762. The monoisotopic (exact) mass is 354 g/mol. The van der Waals surface area contributed by atoms with Gasteiger partial charge in [-0.05, 0) is 42.8 Å². The number of amides is 1. The lowest BCUT2D eigenvalue weighted by Crippen LogP contribution is -2.22. The van der Waals surface area contributed by atoms with E-state index in [-0.39, 0.29) is 5.91 Å². The number of carbonyl (C=O) groups excluding carboxylic acids is 1. The fourth-order valence-corrected chi connectivity index (χ4v) is 2.89. The van der Waals surface area contributed by atoms with Gasteiger partial charge in [-0.3, -0.25) is 13.6 Å². The average molecular weight is 354 g/mol. The van der Waals surface area contributed by atoms with Crippen molar-refractivity contribution in [2.45, 2.75) is 18.4 Å². The maximum absolute atomic E-state index is 12.2. The van der Waals surface area contributed by atoms with E-state index in [1.165, 1.54) is 0 Å². The second-order valence-corrected chi connectivity index (χ2v) is 6.91. The molecule has 1 amide bonds. The van der Waals surface area contributed by atoms with Crippen molar-refractivity contribution in [1.82, 2.24) is 19.9 Å². The lowest BCUT2D eigenvalue weighted by Gasteiger charge is -2.08. The minimum atomic E-state index is -1.05. The van der Waals surface area contributed by atoms with Crippen LogP contribution in [-0.4, -0.2) is 30.9 Å². The third kappa shape index (κ3) is 4.00. The molecule has 128 valence electrons. The molecule has 0 saturated heterocycles. The van der Waals surface area contributed by atoms with Crippen LogP contribution in [0.1, 0.15) is 21.7 Å². The second-order valence-electron chi connectivity index (χ2n) is 5.53. The van der Waals surface area contributed by atoms with E-state index in [4.69, 9.17) is 0 Å². The molecule has 7 heteroatoms. The van der Waals surface area contributed by atoms with Gasteiger partial charge in [0.25, 0.3) is 5.91 Å². The molecule has 2 heterocycles. The first kappa shape index (κ1) is 17.0. The first-order valence-corrected chi connectivity index (χ1v) is 9.27. The molecule has 3 aromatic rings. The molecule has 6 nitrogen and oxygen atoms in total. The smallest absolute Gasteiger partial charge is 0.251 e. The predicted octanol–water partition coefficient (Wildman–Crippen LogP) is 2.24. The Labute approximate surface area is 148 Å². The highest BCUT2D eigenvalue weighted by Gasteiger charge is 2.07. The molecular weight excluding hydrogens is 336 g/mol. The normalized spacial score (nSPS) is 11.9. The summed E-state index contributed by atoms with van der Waals surface area (Å²) >= 11 is 0. The van der Waals surface area contributed by atoms with Crippen LogP contribution in [0, 0.1) is 6.92 Å². The molecule has 0 spiro atoms. The highest BCUT2D eigenvalue weighted by molar-refractivity contribution is 7.84. The summed E-state index contributed by atoms with van der Waals surface area (Å²) in [5.74, 6) is 1.47. The molecule has 0 unspecified atom stereocenters. The summed E-state index contributed by atoms with van der Waals surface area (Å²) in [4.78, 5) is 21.5. The number of hydrogen-bond donors (Lipinski definition) is 1. The van der Waals surface area contributed by atoms with Gasteiger partial charge in [0.2, 0.25) is 0 Å². The number of aryl methyl sites for hydroxylation is 1. The van der Waals surface area contributed by atoms with Gasteiger partial charge in [-0.1, -0.05) is 6.07 Å². The highest BCUT2D eigenvalue weighted by atomic mass is 32.2. The number of hydrogen-bond acceptors (Lipinski definition) is 4. The number of nitrogens with one attached hydrogen (secondary N) is 1. The van der Waals surface area contributed by atoms with Crippen LogP contribution in [0.15, 0.2) is 59.9 Å². The van der Waals surface area contributed by atoms with Gasteiger partial charge >= 0.3 is 0 Å². The van der Waals surface area contributed by atoms with Crippen LogP contribution in [0.4, 0.5) is 0 Å². The molecule has 25 heavy (non-hydrogen) atoms. The van der Waals surface area contributed by atoms with Crippen molar-refractivity contribution in [3.8, 4) is 5.82 Å². The van der Waals surface area contributed by atoms with E-state index in [1.807, 2.05) is 29.8 Å². The van der Waals surface area contributed by atoms with Gasteiger partial charge in [0, 0.05) is 52.6 Å². The van der Waals surface area contributed by atoms with E-state index in [2.05, 4.69) is 15.3 Å². The molecule has 0 aliphatic carbocycles. The maximum atomic E-state index is 12.2. The number of carbonyl (C=O) groups is 1. The number of aromatic nitrogens is 3. The molecule has 1 atom stereocenters. The van der Waals surface area contributed by atoms with E-state index in [0.29, 0.717) is 17.0 Å². The highest BCUT2D eigenvalue weighted by Crippen LogP contribution is 2.10. The zero-order valence-corrected chi connectivity index (χ0v) is 14.8. The number of imidazole rings is 1. The Bertz CT molecular complexity index is 902. The molecule has 0 radical (unpaired) electrons. The van der Waals surface area contributed by atoms with Gasteiger partial charge in [-0.2, -0.15) is 0 Å². The molecule has 3 rings (SSSR count). The Hall–Kier alpha value is -2.80. The Morgan fingerprint density at radius 3 is 2.48 bits per heavy atom. The molecule has 1 N–H and O–H groups in total. The van der Waals surface area contributed by atoms with E-state index in [1.54, 1.807) is 42.9 Å². The maximum Gasteiger partial charge on any atom is 0.251 e. The van der Waals surface area contributed by atoms with Crippen LogP contribution < -0.4 is 5.32 Å². The van der Waals surface area contributed by atoms with E-state index in [9.17, 15) is 9.00 Å². The second kappa shape index (κ2) is 7.40. The summed E-state index contributed by atoms with van der Waals surface area (Å²) in [6, 6.07) is 10.6. The van der Waals surface area contributed by atoms with Gasteiger partial charge < -0.3 is 5.32 Å². The van der Waals surface area contributed by atoms with Crippen molar-refractivity contribution in [3.63, 3.8) is 0 Å². The SMILES string of the molecule is Cc1nccn1-c1ccc(CNC(=O)c2ccc([S@](C)=O)cc2)cn1. The first-order chi connectivity index (χ1) is 12.0. The standard InChI is InChI=1S/C18H18N4O2S/c1-13-19-9-10-22(13)17-8-3-14(11-20-17)12-21-18(23)15-4-6-16(7-5-15)25(2)24/h3-11H,12H2,1-2H3,(H,21,23)/t25-/m0/s1. The van der Waals surface area contributed by atoms with Crippen molar-refractivity contribution >= 4 is 16.7 Å². The third-order valence-electron chi connectivity index (χ3n) is 3.78. The van der Waals surface area contributed by atoms with E-state index in [0.717, 1.165) is 17.2 Å². The summed E-state index contributed by atoms with van der Waals surface area (Å²) in [5.41, 5.74) is 1.44. The number of pyridine rings is 1. The van der Waals surface area contributed by atoms with Crippen LogP contribution in [0.3, 0.4) is 0 Å². The zero-order valence-electron chi connectivity index (χ0n) is 14.0. The van der Waals surface area contributed by atoms with Gasteiger partial charge in [0.05, 0.1) is 0 Å². The van der Waals surface area contributed by atoms with Crippen LogP contribution in [-0.2, 0) is 17.3 Å². The molecule has 0 aliphatic rings. The number of benzene rings is 1. The summed E-state index contributed by atoms with van der Waals surface area (Å²) in [5, 5.41) is 2.86. The minimum Gasteiger partial charge on any atom is -0.348 e. The summed E-state index contributed by atoms with van der Waals surface area (Å²) < 4.78 is 13.3. The Morgan fingerprint density at radius 1 is 1.16 bits per heavy atom. The van der Waals surface area contributed by atoms with Crippen molar-refractivity contribution < 1.29 is 9.00 Å². The molecule has 0 aliphatic heterocycles. The Kier molecular flexibility index (Phi) is 5.04. The summed E-state index contributed by atoms with van der Waals surface area (Å²) in [6.07, 6.45) is 6.92. The lowest BCUT2D eigenvalue weighted by atomic mass is 10.2. The van der Waals surface area contributed by atoms with Crippen molar-refractivity contribution in [2.24, 2.45) is 0 Å². The van der Waals surface area contributed by atoms with Gasteiger partial charge in [0.1, 0.15) is 11.6 Å². The fraction of sp³-hybridized carbons (Fsp3) is 0.167. The molecule has 0 fully saturated rings. The van der Waals surface area contributed by atoms with Crippen LogP contribution >= 0.6 is 0 Å². The van der Waals surface area contributed by atoms with Gasteiger partial charge in [0.15, 0.2) is 0 Å².